The lowest BCUT2D eigenvalue weighted by atomic mass is 10.2. The topological polar surface area (TPSA) is 69.8 Å². The van der Waals surface area contributed by atoms with Crippen LogP contribution in [0.5, 0.6) is 5.75 Å². The molecule has 0 spiro atoms. The summed E-state index contributed by atoms with van der Waals surface area (Å²) in [5, 5.41) is 7.81. The lowest BCUT2D eigenvalue weighted by Crippen LogP contribution is -2.00. The summed E-state index contributed by atoms with van der Waals surface area (Å²) in [7, 11) is 3.58. The maximum Gasteiger partial charge on any atom is 0.147 e. The maximum absolute atomic E-state index is 13.4. The molecule has 0 radical (unpaired) electrons. The molecule has 32 heavy (non-hydrogen) atoms. The minimum absolute atomic E-state index is 0.270. The molecule has 2 heterocycles. The van der Waals surface area contributed by atoms with Gasteiger partial charge in [-0.2, -0.15) is 5.10 Å². The highest BCUT2D eigenvalue weighted by molar-refractivity contribution is 5.93. The highest BCUT2D eigenvalue weighted by Gasteiger charge is 2.14. The van der Waals surface area contributed by atoms with Crippen LogP contribution < -0.4 is 10.1 Å². The predicted octanol–water partition coefficient (Wildman–Crippen LogP) is 5.02. The number of hydrogen-bond donors (Lipinski definition) is 1. The van der Waals surface area contributed by atoms with Gasteiger partial charge in [0.1, 0.15) is 40.7 Å². The van der Waals surface area contributed by atoms with Crippen molar-refractivity contribution in [1.29, 1.82) is 0 Å². The standard InChI is InChI=1S/C24H21FN6O/c1-15-26-14-31(29-15)20-12-11-18(13-22(20)32-3)27-19-5-4-6-21-23(19)28-24(30(21)2)16-7-9-17(25)10-8-16/h4-14,27H,1-3H3. The Morgan fingerprint density at radius 2 is 1.84 bits per heavy atom. The van der Waals surface area contributed by atoms with Crippen LogP contribution in [0.3, 0.4) is 0 Å². The molecule has 0 fully saturated rings. The third-order valence-corrected chi connectivity index (χ3v) is 5.33. The van der Waals surface area contributed by atoms with Gasteiger partial charge in [-0.3, -0.25) is 0 Å². The number of ether oxygens (including phenoxy) is 1. The van der Waals surface area contributed by atoms with Crippen molar-refractivity contribution in [3.8, 4) is 22.8 Å². The van der Waals surface area contributed by atoms with Gasteiger partial charge < -0.3 is 14.6 Å². The van der Waals surface area contributed by atoms with Gasteiger partial charge in [0.05, 0.1) is 18.3 Å². The number of rotatable bonds is 5. The van der Waals surface area contributed by atoms with E-state index in [1.807, 2.05) is 54.9 Å². The molecule has 0 unspecified atom stereocenters. The van der Waals surface area contributed by atoms with E-state index in [1.54, 1.807) is 30.3 Å². The molecule has 0 amide bonds. The van der Waals surface area contributed by atoms with Gasteiger partial charge >= 0.3 is 0 Å². The predicted molar refractivity (Wildman–Crippen MR) is 122 cm³/mol. The minimum Gasteiger partial charge on any atom is -0.494 e. The normalized spacial score (nSPS) is 11.1. The van der Waals surface area contributed by atoms with E-state index in [9.17, 15) is 4.39 Å². The van der Waals surface area contributed by atoms with Crippen LogP contribution in [0.1, 0.15) is 5.82 Å². The Bertz CT molecular complexity index is 1420. The average molecular weight is 428 g/mol. The van der Waals surface area contributed by atoms with Crippen molar-refractivity contribution in [2.24, 2.45) is 7.05 Å². The SMILES string of the molecule is COc1cc(Nc2cccc3c2nc(-c2ccc(F)cc2)n3C)ccc1-n1cnc(C)n1. The molecule has 8 heteroatoms. The monoisotopic (exact) mass is 428 g/mol. The van der Waals surface area contributed by atoms with E-state index in [0.717, 1.165) is 39.5 Å². The molecule has 0 aliphatic rings. The Labute approximate surface area is 184 Å². The zero-order valence-corrected chi connectivity index (χ0v) is 17.9. The zero-order chi connectivity index (χ0) is 22.2. The van der Waals surface area contributed by atoms with Gasteiger partial charge in [0.2, 0.25) is 0 Å². The van der Waals surface area contributed by atoms with E-state index in [-0.39, 0.29) is 5.82 Å². The van der Waals surface area contributed by atoms with E-state index in [0.29, 0.717) is 11.6 Å². The smallest absolute Gasteiger partial charge is 0.147 e. The van der Waals surface area contributed by atoms with Gasteiger partial charge in [-0.15, -0.1) is 0 Å². The van der Waals surface area contributed by atoms with Crippen molar-refractivity contribution in [2.75, 3.05) is 12.4 Å². The Morgan fingerprint density at radius 3 is 2.56 bits per heavy atom. The summed E-state index contributed by atoms with van der Waals surface area (Å²) in [6, 6.07) is 18.1. The minimum atomic E-state index is -0.270. The second-order valence-corrected chi connectivity index (χ2v) is 7.42. The summed E-state index contributed by atoms with van der Waals surface area (Å²) in [6.45, 7) is 1.84. The summed E-state index contributed by atoms with van der Waals surface area (Å²) < 4.78 is 22.6. The van der Waals surface area contributed by atoms with E-state index in [1.165, 1.54) is 12.1 Å². The average Bonchev–Trinajstić information content (AvgIpc) is 3.38. The van der Waals surface area contributed by atoms with Crippen LogP contribution in [0.15, 0.2) is 67.0 Å². The van der Waals surface area contributed by atoms with Crippen molar-refractivity contribution < 1.29 is 9.13 Å². The maximum atomic E-state index is 13.4. The third kappa shape index (κ3) is 3.45. The largest absolute Gasteiger partial charge is 0.494 e. The number of methoxy groups -OCH3 is 1. The molecule has 7 nitrogen and oxygen atoms in total. The van der Waals surface area contributed by atoms with Crippen molar-refractivity contribution in [1.82, 2.24) is 24.3 Å². The molecule has 0 bridgehead atoms. The Morgan fingerprint density at radius 1 is 1.03 bits per heavy atom. The fourth-order valence-corrected chi connectivity index (χ4v) is 3.73. The molecule has 1 N–H and O–H groups in total. The van der Waals surface area contributed by atoms with Crippen molar-refractivity contribution in [3.63, 3.8) is 0 Å². The van der Waals surface area contributed by atoms with Crippen LogP contribution in [0.2, 0.25) is 0 Å². The van der Waals surface area contributed by atoms with Gasteiger partial charge in [-0.25, -0.2) is 19.0 Å². The fourth-order valence-electron chi connectivity index (χ4n) is 3.73. The molecule has 0 aliphatic carbocycles. The molecule has 2 aromatic heterocycles. The number of nitrogens with one attached hydrogen (secondary N) is 1. The molecular weight excluding hydrogens is 407 g/mol. The second-order valence-electron chi connectivity index (χ2n) is 7.42. The number of hydrogen-bond acceptors (Lipinski definition) is 5. The summed E-state index contributed by atoms with van der Waals surface area (Å²) in [4.78, 5) is 9.03. The summed E-state index contributed by atoms with van der Waals surface area (Å²) in [5.41, 5.74) is 5.15. The van der Waals surface area contributed by atoms with Gasteiger partial charge in [0.15, 0.2) is 0 Å². The van der Waals surface area contributed by atoms with Crippen LogP contribution in [0, 0.1) is 12.7 Å². The Hall–Kier alpha value is -4.20. The molecule has 3 aromatic carbocycles. The van der Waals surface area contributed by atoms with Gasteiger partial charge in [0, 0.05) is 24.4 Å². The highest BCUT2D eigenvalue weighted by Crippen LogP contribution is 2.32. The van der Waals surface area contributed by atoms with Crippen molar-refractivity contribution in [2.45, 2.75) is 6.92 Å². The Kier molecular flexibility index (Phi) is 4.82. The molecular formula is C24H21FN6O. The van der Waals surface area contributed by atoms with E-state index >= 15 is 0 Å². The van der Waals surface area contributed by atoms with Gasteiger partial charge in [-0.05, 0) is 55.5 Å². The molecule has 0 saturated carbocycles. The molecule has 0 aliphatic heterocycles. The summed E-state index contributed by atoms with van der Waals surface area (Å²) in [6.07, 6.45) is 1.66. The number of aromatic nitrogens is 5. The molecule has 160 valence electrons. The van der Waals surface area contributed by atoms with E-state index in [4.69, 9.17) is 9.72 Å². The van der Waals surface area contributed by atoms with E-state index < -0.39 is 0 Å². The number of nitrogens with zero attached hydrogens (tertiary/aromatic N) is 5. The molecule has 0 atom stereocenters. The number of fused-ring (bicyclic) bond motifs is 1. The number of para-hydroxylation sites is 1. The first-order valence-corrected chi connectivity index (χ1v) is 10.1. The lowest BCUT2D eigenvalue weighted by Gasteiger charge is -2.12. The number of benzene rings is 3. The molecule has 5 rings (SSSR count). The van der Waals surface area contributed by atoms with Crippen molar-refractivity contribution in [3.05, 3.63) is 78.6 Å². The van der Waals surface area contributed by atoms with E-state index in [2.05, 4.69) is 15.4 Å². The Balaban J connectivity index is 1.53. The summed E-state index contributed by atoms with van der Waals surface area (Å²) in [5.74, 6) is 1.85. The zero-order valence-electron chi connectivity index (χ0n) is 17.9. The lowest BCUT2D eigenvalue weighted by molar-refractivity contribution is 0.412. The first-order chi connectivity index (χ1) is 15.5. The molecule has 0 saturated heterocycles. The number of anilines is 2. The van der Waals surface area contributed by atoms with Gasteiger partial charge in [-0.1, -0.05) is 6.07 Å². The van der Waals surface area contributed by atoms with Crippen LogP contribution in [0.25, 0.3) is 28.1 Å². The first-order valence-electron chi connectivity index (χ1n) is 10.1. The number of imidazole rings is 1. The van der Waals surface area contributed by atoms with Crippen LogP contribution in [0.4, 0.5) is 15.8 Å². The fraction of sp³-hybridized carbons (Fsp3) is 0.125. The second kappa shape index (κ2) is 7.81. The summed E-state index contributed by atoms with van der Waals surface area (Å²) >= 11 is 0. The van der Waals surface area contributed by atoms with Crippen LogP contribution in [-0.2, 0) is 7.05 Å². The first kappa shape index (κ1) is 19.7. The van der Waals surface area contributed by atoms with Crippen LogP contribution >= 0.6 is 0 Å². The number of aryl methyl sites for hydroxylation is 2. The quantitative estimate of drug-likeness (QED) is 0.426. The van der Waals surface area contributed by atoms with Crippen LogP contribution in [-0.4, -0.2) is 31.4 Å². The van der Waals surface area contributed by atoms with Crippen molar-refractivity contribution >= 4 is 22.4 Å². The highest BCUT2D eigenvalue weighted by atomic mass is 19.1. The molecule has 5 aromatic rings. The van der Waals surface area contributed by atoms with Gasteiger partial charge in [0.25, 0.3) is 0 Å². The third-order valence-electron chi connectivity index (χ3n) is 5.33. The number of halogens is 1.